The maximum Gasteiger partial charge on any atom is 0.280 e. The van der Waals surface area contributed by atoms with Gasteiger partial charge in [0.25, 0.3) is 11.5 Å². The Hall–Kier alpha value is -2.36. The van der Waals surface area contributed by atoms with Crippen LogP contribution in [0, 0.1) is 0 Å². The maximum atomic E-state index is 12.8. The minimum Gasteiger partial charge on any atom is -0.343 e. The van der Waals surface area contributed by atoms with Gasteiger partial charge in [-0.2, -0.15) is 0 Å². The Balaban J connectivity index is 1.79. The topological polar surface area (TPSA) is 91.0 Å². The average molecular weight is 462 g/mol. The van der Waals surface area contributed by atoms with Crippen LogP contribution in [0.4, 0.5) is 0 Å². The molecule has 3 rings (SSSR count). The van der Waals surface area contributed by atoms with Crippen molar-refractivity contribution < 1.29 is 4.79 Å². The van der Waals surface area contributed by atoms with Gasteiger partial charge in [0, 0.05) is 10.7 Å². The number of hydrogen-bond acceptors (Lipinski definition) is 6. The third-order valence-corrected chi connectivity index (χ3v) is 5.56. The summed E-state index contributed by atoms with van der Waals surface area (Å²) < 4.78 is 0.964. The average Bonchev–Trinajstić information content (AvgIpc) is 3.15. The third-order valence-electron chi connectivity index (χ3n) is 4.04. The zero-order valence-electron chi connectivity index (χ0n) is 15.5. The van der Waals surface area contributed by atoms with Gasteiger partial charge < -0.3 is 15.2 Å². The lowest BCUT2D eigenvalue weighted by atomic mass is 10.0. The van der Waals surface area contributed by atoms with Crippen LogP contribution in [0.3, 0.4) is 0 Å². The summed E-state index contributed by atoms with van der Waals surface area (Å²) in [5.41, 5.74) is 1.27. The van der Waals surface area contributed by atoms with Crippen LogP contribution in [-0.4, -0.2) is 46.4 Å². The highest BCUT2D eigenvalue weighted by molar-refractivity contribution is 9.10. The predicted molar refractivity (Wildman–Crippen MR) is 113 cm³/mol. The van der Waals surface area contributed by atoms with E-state index in [1.54, 1.807) is 6.20 Å². The lowest BCUT2D eigenvalue weighted by Crippen LogP contribution is -2.31. The summed E-state index contributed by atoms with van der Waals surface area (Å²) in [6.45, 7) is 0.831. The van der Waals surface area contributed by atoms with Gasteiger partial charge in [0.1, 0.15) is 0 Å². The van der Waals surface area contributed by atoms with Crippen molar-refractivity contribution in [3.8, 4) is 10.6 Å². The molecule has 146 valence electrons. The molecule has 2 aromatic heterocycles. The number of benzene rings is 1. The molecule has 0 saturated heterocycles. The van der Waals surface area contributed by atoms with Crippen LogP contribution in [0.1, 0.15) is 27.8 Å². The van der Waals surface area contributed by atoms with Crippen molar-refractivity contribution in [3.63, 3.8) is 0 Å². The molecule has 0 fully saturated rings. The van der Waals surface area contributed by atoms with E-state index >= 15 is 0 Å². The molecule has 1 aromatic carbocycles. The lowest BCUT2D eigenvalue weighted by molar-refractivity contribution is 0.0932. The smallest absolute Gasteiger partial charge is 0.280 e. The van der Waals surface area contributed by atoms with Gasteiger partial charge in [0.05, 0.1) is 29.0 Å². The van der Waals surface area contributed by atoms with Crippen molar-refractivity contribution in [1.82, 2.24) is 25.2 Å². The molecule has 0 bridgehead atoms. The number of aromatic nitrogens is 3. The fourth-order valence-corrected chi connectivity index (χ4v) is 3.86. The van der Waals surface area contributed by atoms with Gasteiger partial charge in [-0.3, -0.25) is 14.6 Å². The number of nitrogens with one attached hydrogen (secondary N) is 2. The van der Waals surface area contributed by atoms with Crippen LogP contribution in [0.2, 0.25) is 0 Å². The van der Waals surface area contributed by atoms with Crippen molar-refractivity contribution >= 4 is 33.2 Å². The number of rotatable bonds is 7. The van der Waals surface area contributed by atoms with E-state index < -0.39 is 0 Å². The second kappa shape index (κ2) is 9.22. The first kappa shape index (κ1) is 20.4. The van der Waals surface area contributed by atoms with Crippen molar-refractivity contribution in [1.29, 1.82) is 0 Å². The van der Waals surface area contributed by atoms with Crippen LogP contribution in [-0.2, 0) is 0 Å². The Morgan fingerprint density at radius 3 is 2.86 bits per heavy atom. The summed E-state index contributed by atoms with van der Waals surface area (Å²) in [7, 11) is 4.00. The van der Waals surface area contributed by atoms with E-state index in [1.807, 2.05) is 38.4 Å². The molecule has 1 amide bonds. The van der Waals surface area contributed by atoms with Crippen molar-refractivity contribution in [2.24, 2.45) is 0 Å². The number of carbonyl (C=O) groups excluding carboxylic acids is 1. The Labute approximate surface area is 175 Å². The van der Waals surface area contributed by atoms with E-state index in [-0.39, 0.29) is 17.5 Å². The van der Waals surface area contributed by atoms with E-state index in [0.29, 0.717) is 15.6 Å². The lowest BCUT2D eigenvalue weighted by Gasteiger charge is -2.21. The maximum absolute atomic E-state index is 12.8. The largest absolute Gasteiger partial charge is 0.343 e. The molecule has 2 heterocycles. The van der Waals surface area contributed by atoms with Crippen molar-refractivity contribution in [3.05, 3.63) is 68.3 Å². The number of amides is 1. The van der Waals surface area contributed by atoms with Crippen LogP contribution in [0.15, 0.2) is 52.1 Å². The molecule has 7 nitrogen and oxygen atoms in total. The number of aromatic amines is 1. The molecule has 1 unspecified atom stereocenters. The minimum atomic E-state index is -0.296. The van der Waals surface area contributed by atoms with Gasteiger partial charge in [0.2, 0.25) is 0 Å². The summed E-state index contributed by atoms with van der Waals surface area (Å²) in [4.78, 5) is 37.8. The highest BCUT2D eigenvalue weighted by Crippen LogP contribution is 2.25. The molecule has 0 aliphatic carbocycles. The van der Waals surface area contributed by atoms with Gasteiger partial charge in [-0.05, 0) is 44.8 Å². The zero-order chi connectivity index (χ0) is 20.1. The summed E-state index contributed by atoms with van der Waals surface area (Å²) in [6, 6.07) is 7.77. The van der Waals surface area contributed by atoms with E-state index in [4.69, 9.17) is 0 Å². The highest BCUT2D eigenvalue weighted by Gasteiger charge is 2.19. The number of hydrogen-bond donors (Lipinski definition) is 2. The van der Waals surface area contributed by atoms with E-state index in [9.17, 15) is 9.59 Å². The van der Waals surface area contributed by atoms with Crippen molar-refractivity contribution in [2.75, 3.05) is 20.6 Å². The summed E-state index contributed by atoms with van der Waals surface area (Å²) in [6.07, 6.45) is 5.08. The van der Waals surface area contributed by atoms with Gasteiger partial charge >= 0.3 is 0 Å². The van der Waals surface area contributed by atoms with E-state index in [2.05, 4.69) is 41.1 Å². The Kier molecular flexibility index (Phi) is 6.71. The number of halogens is 1. The molecule has 0 radical (unpaired) electrons. The number of nitrogens with zero attached hydrogens (tertiary/aromatic N) is 3. The predicted octanol–water partition coefficient (Wildman–Crippen LogP) is 3.08. The minimum absolute atomic E-state index is 0.141. The van der Waals surface area contributed by atoms with E-state index in [0.717, 1.165) is 23.0 Å². The second-order valence-electron chi connectivity index (χ2n) is 6.51. The highest BCUT2D eigenvalue weighted by atomic mass is 79.9. The molecule has 0 aliphatic heterocycles. The summed E-state index contributed by atoms with van der Waals surface area (Å²) in [5.74, 6) is -0.244. The molecule has 9 heteroatoms. The Morgan fingerprint density at radius 2 is 2.14 bits per heavy atom. The Morgan fingerprint density at radius 1 is 1.32 bits per heavy atom. The molecule has 1 atom stereocenters. The first-order valence-corrected chi connectivity index (χ1v) is 10.2. The molecule has 2 N–H and O–H groups in total. The van der Waals surface area contributed by atoms with Crippen LogP contribution < -0.4 is 10.9 Å². The second-order valence-corrected chi connectivity index (χ2v) is 8.46. The summed E-state index contributed by atoms with van der Waals surface area (Å²) >= 11 is 4.70. The first-order valence-electron chi connectivity index (χ1n) is 8.64. The van der Waals surface area contributed by atoms with Gasteiger partial charge in [-0.15, -0.1) is 11.3 Å². The number of thiazole rings is 1. The van der Waals surface area contributed by atoms with Crippen LogP contribution >= 0.6 is 27.3 Å². The quantitative estimate of drug-likeness (QED) is 0.563. The molecule has 0 saturated carbocycles. The third kappa shape index (κ3) is 5.34. The Bertz CT molecular complexity index is 1020. The monoisotopic (exact) mass is 461 g/mol. The molecular formula is C19H20BrN5O2S. The van der Waals surface area contributed by atoms with Crippen LogP contribution in [0.5, 0.6) is 0 Å². The molecule has 3 aromatic rings. The van der Waals surface area contributed by atoms with Gasteiger partial charge in [-0.1, -0.05) is 28.1 Å². The molecule has 0 aliphatic rings. The van der Waals surface area contributed by atoms with Crippen molar-refractivity contribution in [2.45, 2.75) is 12.5 Å². The van der Waals surface area contributed by atoms with Gasteiger partial charge in [-0.25, -0.2) is 4.98 Å². The zero-order valence-corrected chi connectivity index (χ0v) is 17.9. The fraction of sp³-hybridized carbons (Fsp3) is 0.263. The van der Waals surface area contributed by atoms with Crippen LogP contribution in [0.25, 0.3) is 10.6 Å². The molecule has 28 heavy (non-hydrogen) atoms. The summed E-state index contributed by atoms with van der Waals surface area (Å²) in [5, 5.41) is 3.42. The molecule has 0 spiro atoms. The molecular weight excluding hydrogens is 442 g/mol. The SMILES string of the molecule is CN(C)CCC(NC(=O)c1ncc(-c2cncc(=O)[nH]2)s1)c1cccc(Br)c1. The fourth-order valence-electron chi connectivity index (χ4n) is 2.66. The standard InChI is InChI=1S/C19H20BrN5O2S/c1-25(2)7-6-14(12-4-3-5-13(20)8-12)24-18(27)19-22-10-16(28-19)15-9-21-11-17(26)23-15/h3-5,8-11,14H,6-7H2,1-2H3,(H,23,26)(H,24,27). The number of H-pyrrole nitrogens is 1. The van der Waals surface area contributed by atoms with E-state index in [1.165, 1.54) is 23.7 Å². The van der Waals surface area contributed by atoms with Gasteiger partial charge in [0.15, 0.2) is 5.01 Å². The first-order chi connectivity index (χ1) is 13.4. The number of carbonyl (C=O) groups is 1. The normalized spacial score (nSPS) is 12.1.